The van der Waals surface area contributed by atoms with Gasteiger partial charge in [-0.3, -0.25) is 0 Å². The maximum Gasteiger partial charge on any atom is 0.108 e. The lowest BCUT2D eigenvalue weighted by molar-refractivity contribution is 1.30. The molecule has 3 aromatic carbocycles. The molecular weight excluding hydrogens is 310 g/mol. The molecule has 0 saturated carbocycles. The predicted octanol–water partition coefficient (Wildman–Crippen LogP) is 6.99. The summed E-state index contributed by atoms with van der Waals surface area (Å²) in [7, 11) is 0. The number of nitrogens with zero attached hydrogens (tertiary/aromatic N) is 1. The molecule has 0 bridgehead atoms. The van der Waals surface area contributed by atoms with Crippen LogP contribution in [0.3, 0.4) is 0 Å². The normalized spacial score (nSPS) is 10.9. The van der Waals surface area contributed by atoms with Crippen molar-refractivity contribution in [2.24, 2.45) is 0 Å². The van der Waals surface area contributed by atoms with Crippen LogP contribution in [0.4, 0.5) is 16.4 Å². The molecule has 0 unspecified atom stereocenters. The summed E-state index contributed by atoms with van der Waals surface area (Å²) < 4.78 is 0. The van der Waals surface area contributed by atoms with E-state index < -0.39 is 0 Å². The SMILES string of the molecule is Cc1ccc(N(c2ccc(C)cc2)c2scc3ccccc23)cc1. The van der Waals surface area contributed by atoms with Crippen LogP contribution in [0.5, 0.6) is 0 Å². The highest BCUT2D eigenvalue weighted by Gasteiger charge is 2.16. The fourth-order valence-corrected chi connectivity index (χ4v) is 3.99. The zero-order chi connectivity index (χ0) is 16.5. The molecule has 1 nitrogen and oxygen atoms in total. The van der Waals surface area contributed by atoms with Gasteiger partial charge in [0, 0.05) is 22.1 Å². The topological polar surface area (TPSA) is 3.24 Å². The highest BCUT2D eigenvalue weighted by atomic mass is 32.1. The third kappa shape index (κ3) is 2.70. The zero-order valence-electron chi connectivity index (χ0n) is 13.9. The van der Waals surface area contributed by atoms with Gasteiger partial charge in [-0.2, -0.15) is 0 Å². The van der Waals surface area contributed by atoms with Crippen LogP contribution in [0.25, 0.3) is 10.8 Å². The van der Waals surface area contributed by atoms with Gasteiger partial charge in [-0.15, -0.1) is 11.3 Å². The Bertz CT molecular complexity index is 919. The Morgan fingerprint density at radius 3 is 1.79 bits per heavy atom. The number of anilines is 3. The Kier molecular flexibility index (Phi) is 3.83. The van der Waals surface area contributed by atoms with E-state index in [1.54, 1.807) is 11.3 Å². The van der Waals surface area contributed by atoms with Gasteiger partial charge in [0.15, 0.2) is 0 Å². The average molecular weight is 329 g/mol. The molecule has 0 spiro atoms. The van der Waals surface area contributed by atoms with E-state index in [1.165, 1.54) is 38.3 Å². The van der Waals surface area contributed by atoms with E-state index in [0.29, 0.717) is 0 Å². The summed E-state index contributed by atoms with van der Waals surface area (Å²) in [5.74, 6) is 0. The van der Waals surface area contributed by atoms with Gasteiger partial charge in [-0.1, -0.05) is 59.7 Å². The highest BCUT2D eigenvalue weighted by molar-refractivity contribution is 7.16. The Labute approximate surface area is 146 Å². The Hall–Kier alpha value is -2.58. The van der Waals surface area contributed by atoms with Crippen LogP contribution < -0.4 is 4.90 Å². The molecule has 0 fully saturated rings. The van der Waals surface area contributed by atoms with Crippen molar-refractivity contribution in [3.05, 3.63) is 89.3 Å². The monoisotopic (exact) mass is 329 g/mol. The van der Waals surface area contributed by atoms with E-state index in [4.69, 9.17) is 0 Å². The highest BCUT2D eigenvalue weighted by Crippen LogP contribution is 2.42. The van der Waals surface area contributed by atoms with Crippen LogP contribution >= 0.6 is 11.3 Å². The molecule has 0 atom stereocenters. The number of hydrogen-bond acceptors (Lipinski definition) is 2. The molecule has 0 N–H and O–H groups in total. The van der Waals surface area contributed by atoms with Gasteiger partial charge in [-0.25, -0.2) is 0 Å². The van der Waals surface area contributed by atoms with E-state index in [9.17, 15) is 0 Å². The summed E-state index contributed by atoms with van der Waals surface area (Å²) in [4.78, 5) is 2.35. The van der Waals surface area contributed by atoms with Crippen molar-refractivity contribution in [1.29, 1.82) is 0 Å². The third-order valence-corrected chi connectivity index (χ3v) is 5.27. The molecule has 0 aliphatic carbocycles. The van der Waals surface area contributed by atoms with Crippen molar-refractivity contribution >= 4 is 38.5 Å². The van der Waals surface area contributed by atoms with E-state index in [2.05, 4.69) is 96.9 Å². The lowest BCUT2D eigenvalue weighted by Gasteiger charge is -2.24. The molecule has 2 heteroatoms. The second kappa shape index (κ2) is 6.14. The van der Waals surface area contributed by atoms with Crippen molar-refractivity contribution in [1.82, 2.24) is 0 Å². The van der Waals surface area contributed by atoms with Gasteiger partial charge in [0.2, 0.25) is 0 Å². The molecule has 0 aliphatic rings. The van der Waals surface area contributed by atoms with Crippen molar-refractivity contribution in [2.45, 2.75) is 13.8 Å². The largest absolute Gasteiger partial charge is 0.301 e. The van der Waals surface area contributed by atoms with Crippen LogP contribution in [0, 0.1) is 13.8 Å². The molecular formula is C22H19NS. The molecule has 4 aromatic rings. The molecule has 0 aliphatic heterocycles. The van der Waals surface area contributed by atoms with Crippen LogP contribution in [-0.2, 0) is 0 Å². The number of aryl methyl sites for hydroxylation is 2. The van der Waals surface area contributed by atoms with Gasteiger partial charge >= 0.3 is 0 Å². The Balaban J connectivity index is 1.93. The second-order valence-corrected chi connectivity index (χ2v) is 6.99. The Morgan fingerprint density at radius 2 is 1.21 bits per heavy atom. The van der Waals surface area contributed by atoms with Gasteiger partial charge in [0.25, 0.3) is 0 Å². The number of benzene rings is 3. The number of rotatable bonds is 3. The van der Waals surface area contributed by atoms with Crippen LogP contribution in [-0.4, -0.2) is 0 Å². The molecule has 1 heterocycles. The summed E-state index contributed by atoms with van der Waals surface area (Å²) in [6.07, 6.45) is 0. The summed E-state index contributed by atoms with van der Waals surface area (Å²) in [5, 5.41) is 6.09. The van der Waals surface area contributed by atoms with Crippen molar-refractivity contribution in [3.8, 4) is 0 Å². The summed E-state index contributed by atoms with van der Waals surface area (Å²) in [5.41, 5.74) is 4.94. The fraction of sp³-hybridized carbons (Fsp3) is 0.0909. The molecule has 24 heavy (non-hydrogen) atoms. The number of thiophene rings is 1. The standard InChI is InChI=1S/C22H19NS/c1-16-7-11-19(12-8-16)23(20-13-9-17(2)10-14-20)22-21-6-4-3-5-18(21)15-24-22/h3-15H,1-2H3. The minimum atomic E-state index is 1.19. The van der Waals surface area contributed by atoms with Gasteiger partial charge < -0.3 is 4.90 Å². The minimum Gasteiger partial charge on any atom is -0.301 e. The van der Waals surface area contributed by atoms with Gasteiger partial charge in [0.05, 0.1) is 0 Å². The molecule has 0 radical (unpaired) electrons. The minimum absolute atomic E-state index is 1.19. The van der Waals surface area contributed by atoms with Crippen LogP contribution in [0.2, 0.25) is 0 Å². The maximum absolute atomic E-state index is 2.35. The van der Waals surface area contributed by atoms with E-state index in [0.717, 1.165) is 0 Å². The van der Waals surface area contributed by atoms with Crippen LogP contribution in [0.1, 0.15) is 11.1 Å². The average Bonchev–Trinajstić information content (AvgIpc) is 3.03. The third-order valence-electron chi connectivity index (χ3n) is 4.28. The van der Waals surface area contributed by atoms with Crippen LogP contribution in [0.15, 0.2) is 78.2 Å². The smallest absolute Gasteiger partial charge is 0.108 e. The fourth-order valence-electron chi connectivity index (χ4n) is 2.92. The van der Waals surface area contributed by atoms with Crippen molar-refractivity contribution < 1.29 is 0 Å². The lowest BCUT2D eigenvalue weighted by atomic mass is 10.1. The molecule has 118 valence electrons. The van der Waals surface area contributed by atoms with Gasteiger partial charge in [0.1, 0.15) is 5.00 Å². The summed E-state index contributed by atoms with van der Waals surface area (Å²) in [6, 6.07) is 26.1. The number of hydrogen-bond donors (Lipinski definition) is 0. The predicted molar refractivity (Wildman–Crippen MR) is 106 cm³/mol. The molecule has 1 aromatic heterocycles. The first-order valence-corrected chi connectivity index (χ1v) is 9.00. The lowest BCUT2D eigenvalue weighted by Crippen LogP contribution is -2.08. The van der Waals surface area contributed by atoms with E-state index in [1.807, 2.05) is 0 Å². The summed E-state index contributed by atoms with van der Waals surface area (Å²) in [6.45, 7) is 4.25. The number of fused-ring (bicyclic) bond motifs is 1. The molecule has 4 rings (SSSR count). The quantitative estimate of drug-likeness (QED) is 0.391. The van der Waals surface area contributed by atoms with Crippen molar-refractivity contribution in [3.63, 3.8) is 0 Å². The second-order valence-electron chi connectivity index (χ2n) is 6.13. The Morgan fingerprint density at radius 1 is 0.667 bits per heavy atom. The zero-order valence-corrected chi connectivity index (χ0v) is 14.7. The first kappa shape index (κ1) is 15.0. The van der Waals surface area contributed by atoms with Crippen molar-refractivity contribution in [2.75, 3.05) is 4.90 Å². The molecule has 0 saturated heterocycles. The first-order chi connectivity index (χ1) is 11.7. The molecule has 0 amide bonds. The van der Waals surface area contributed by atoms with E-state index in [-0.39, 0.29) is 0 Å². The van der Waals surface area contributed by atoms with E-state index >= 15 is 0 Å². The van der Waals surface area contributed by atoms with Gasteiger partial charge in [-0.05, 0) is 43.5 Å². The summed E-state index contributed by atoms with van der Waals surface area (Å²) >= 11 is 1.79. The first-order valence-electron chi connectivity index (χ1n) is 8.12. The maximum atomic E-state index is 2.35.